The number of hydrogen-bond donors (Lipinski definition) is 2. The van der Waals surface area contributed by atoms with Crippen LogP contribution in [0, 0.1) is 10.1 Å². The molecule has 0 aliphatic rings. The van der Waals surface area contributed by atoms with Gasteiger partial charge in [-0.15, -0.1) is 0 Å². The smallest absolute Gasteiger partial charge is 0.292 e. The summed E-state index contributed by atoms with van der Waals surface area (Å²) in [6.07, 6.45) is 2.86. The van der Waals surface area contributed by atoms with E-state index in [2.05, 4.69) is 4.90 Å². The second-order valence-corrected chi connectivity index (χ2v) is 4.67. The van der Waals surface area contributed by atoms with Gasteiger partial charge in [-0.1, -0.05) is 6.07 Å². The minimum Gasteiger partial charge on any atom is -0.396 e. The van der Waals surface area contributed by atoms with Gasteiger partial charge in [0, 0.05) is 19.2 Å². The summed E-state index contributed by atoms with van der Waals surface area (Å²) in [7, 11) is 2.00. The van der Waals surface area contributed by atoms with Crippen molar-refractivity contribution in [2.75, 3.05) is 25.9 Å². The van der Waals surface area contributed by atoms with Crippen molar-refractivity contribution in [2.24, 2.45) is 0 Å². The summed E-state index contributed by atoms with van der Waals surface area (Å²) in [6, 6.07) is 4.84. The topological polar surface area (TPSA) is 92.6 Å². The molecule has 1 aromatic rings. The number of nitro groups is 1. The van der Waals surface area contributed by atoms with Gasteiger partial charge < -0.3 is 15.7 Å². The summed E-state index contributed by atoms with van der Waals surface area (Å²) >= 11 is 0. The Kier molecular flexibility index (Phi) is 6.24. The van der Waals surface area contributed by atoms with Crippen LogP contribution in [0.1, 0.15) is 24.8 Å². The second kappa shape index (κ2) is 7.70. The van der Waals surface area contributed by atoms with Crippen LogP contribution in [0.4, 0.5) is 11.4 Å². The van der Waals surface area contributed by atoms with E-state index in [9.17, 15) is 10.1 Å². The fourth-order valence-corrected chi connectivity index (χ4v) is 1.93. The largest absolute Gasteiger partial charge is 0.396 e. The third-order valence-corrected chi connectivity index (χ3v) is 2.94. The zero-order valence-corrected chi connectivity index (χ0v) is 11.2. The number of aliphatic hydroxyl groups is 1. The summed E-state index contributed by atoms with van der Waals surface area (Å²) in [5.74, 6) is 0. The standard InChI is InChI=1S/C13H21N3O3/c1-15(7-3-2-4-8-17)10-11-5-6-13(16(18)19)12(14)9-11/h5-6,9,17H,2-4,7-8,10,14H2,1H3. The summed E-state index contributed by atoms with van der Waals surface area (Å²) in [6.45, 7) is 1.88. The lowest BCUT2D eigenvalue weighted by Gasteiger charge is -2.16. The number of benzene rings is 1. The van der Waals surface area contributed by atoms with Crippen molar-refractivity contribution >= 4 is 11.4 Å². The number of aliphatic hydroxyl groups excluding tert-OH is 1. The average molecular weight is 267 g/mol. The Bertz CT molecular complexity index is 424. The van der Waals surface area contributed by atoms with Gasteiger partial charge in [0.1, 0.15) is 5.69 Å². The molecule has 6 nitrogen and oxygen atoms in total. The molecule has 1 aromatic carbocycles. The van der Waals surface area contributed by atoms with Gasteiger partial charge in [0.2, 0.25) is 0 Å². The predicted octanol–water partition coefficient (Wildman–Crippen LogP) is 1.77. The van der Waals surface area contributed by atoms with Gasteiger partial charge in [-0.3, -0.25) is 10.1 Å². The molecule has 0 aliphatic heterocycles. The molecule has 0 aromatic heterocycles. The van der Waals surface area contributed by atoms with Gasteiger partial charge in [0.15, 0.2) is 0 Å². The van der Waals surface area contributed by atoms with E-state index >= 15 is 0 Å². The van der Waals surface area contributed by atoms with Gasteiger partial charge in [0.05, 0.1) is 4.92 Å². The number of rotatable bonds is 8. The molecule has 106 valence electrons. The van der Waals surface area contributed by atoms with Crippen LogP contribution in [0.2, 0.25) is 0 Å². The van der Waals surface area contributed by atoms with E-state index < -0.39 is 4.92 Å². The molecule has 0 bridgehead atoms. The number of nitrogens with two attached hydrogens (primary N) is 1. The van der Waals surface area contributed by atoms with E-state index in [0.29, 0.717) is 6.54 Å². The van der Waals surface area contributed by atoms with Crippen LogP contribution in [0.15, 0.2) is 18.2 Å². The fraction of sp³-hybridized carbons (Fsp3) is 0.538. The van der Waals surface area contributed by atoms with Gasteiger partial charge in [-0.05, 0) is 44.5 Å². The molecular weight excluding hydrogens is 246 g/mol. The van der Waals surface area contributed by atoms with Crippen LogP contribution in [0.25, 0.3) is 0 Å². The first-order chi connectivity index (χ1) is 9.04. The molecule has 0 atom stereocenters. The predicted molar refractivity (Wildman–Crippen MR) is 74.8 cm³/mol. The maximum Gasteiger partial charge on any atom is 0.292 e. The van der Waals surface area contributed by atoms with E-state index in [-0.39, 0.29) is 18.0 Å². The van der Waals surface area contributed by atoms with Gasteiger partial charge in [-0.25, -0.2) is 0 Å². The molecule has 6 heteroatoms. The molecule has 1 rings (SSSR count). The molecule has 19 heavy (non-hydrogen) atoms. The van der Waals surface area contributed by atoms with E-state index in [1.165, 1.54) is 6.07 Å². The maximum absolute atomic E-state index is 10.7. The number of unbranched alkanes of at least 4 members (excludes halogenated alkanes) is 2. The van der Waals surface area contributed by atoms with Crippen molar-refractivity contribution in [3.05, 3.63) is 33.9 Å². The minimum atomic E-state index is -0.474. The third kappa shape index (κ3) is 5.23. The van der Waals surface area contributed by atoms with E-state index in [1.54, 1.807) is 12.1 Å². The van der Waals surface area contributed by atoms with Gasteiger partial charge in [-0.2, -0.15) is 0 Å². The fourth-order valence-electron chi connectivity index (χ4n) is 1.93. The molecule has 3 N–H and O–H groups in total. The van der Waals surface area contributed by atoms with Crippen LogP contribution >= 0.6 is 0 Å². The molecule has 0 saturated heterocycles. The van der Waals surface area contributed by atoms with Crippen molar-refractivity contribution in [2.45, 2.75) is 25.8 Å². The normalized spacial score (nSPS) is 10.9. The minimum absolute atomic E-state index is 0.0469. The number of nitrogens with zero attached hydrogens (tertiary/aromatic N) is 2. The first-order valence-corrected chi connectivity index (χ1v) is 6.36. The lowest BCUT2D eigenvalue weighted by Crippen LogP contribution is -2.19. The number of hydrogen-bond acceptors (Lipinski definition) is 5. The first-order valence-electron chi connectivity index (χ1n) is 6.36. The van der Waals surface area contributed by atoms with Crippen LogP contribution in [-0.4, -0.2) is 35.1 Å². The Morgan fingerprint density at radius 3 is 2.68 bits per heavy atom. The zero-order chi connectivity index (χ0) is 14.3. The monoisotopic (exact) mass is 267 g/mol. The Morgan fingerprint density at radius 1 is 1.37 bits per heavy atom. The van der Waals surface area contributed by atoms with Crippen LogP contribution < -0.4 is 5.73 Å². The third-order valence-electron chi connectivity index (χ3n) is 2.94. The summed E-state index contributed by atoms with van der Waals surface area (Å²) < 4.78 is 0. The zero-order valence-electron chi connectivity index (χ0n) is 11.2. The molecular formula is C13H21N3O3. The summed E-state index contributed by atoms with van der Waals surface area (Å²) in [4.78, 5) is 12.3. The molecule has 0 heterocycles. The first kappa shape index (κ1) is 15.4. The number of anilines is 1. The van der Waals surface area contributed by atoms with Crippen molar-refractivity contribution < 1.29 is 10.0 Å². The number of nitrogen functional groups attached to an aromatic ring is 1. The van der Waals surface area contributed by atoms with Gasteiger partial charge in [0.25, 0.3) is 5.69 Å². The highest BCUT2D eigenvalue weighted by atomic mass is 16.6. The Hall–Kier alpha value is -1.66. The SMILES string of the molecule is CN(CCCCCO)Cc1ccc([N+](=O)[O-])c(N)c1. The molecule has 0 amide bonds. The van der Waals surface area contributed by atoms with Crippen molar-refractivity contribution in [1.82, 2.24) is 4.90 Å². The molecule has 0 spiro atoms. The lowest BCUT2D eigenvalue weighted by molar-refractivity contribution is -0.383. The molecule has 0 aliphatic carbocycles. The summed E-state index contributed by atoms with van der Waals surface area (Å²) in [5.41, 5.74) is 6.77. The molecule has 0 saturated carbocycles. The summed E-state index contributed by atoms with van der Waals surface area (Å²) in [5, 5.41) is 19.3. The second-order valence-electron chi connectivity index (χ2n) is 4.67. The van der Waals surface area contributed by atoms with Crippen LogP contribution in [0.5, 0.6) is 0 Å². The van der Waals surface area contributed by atoms with Gasteiger partial charge >= 0.3 is 0 Å². The maximum atomic E-state index is 10.7. The highest BCUT2D eigenvalue weighted by molar-refractivity contribution is 5.59. The Morgan fingerprint density at radius 2 is 2.11 bits per heavy atom. The van der Waals surface area contributed by atoms with Crippen LogP contribution in [-0.2, 0) is 6.54 Å². The van der Waals surface area contributed by atoms with E-state index in [4.69, 9.17) is 10.8 Å². The Labute approximate surface area is 113 Å². The lowest BCUT2D eigenvalue weighted by atomic mass is 10.1. The van der Waals surface area contributed by atoms with Crippen LogP contribution in [0.3, 0.4) is 0 Å². The molecule has 0 radical (unpaired) electrons. The van der Waals surface area contributed by atoms with Crippen molar-refractivity contribution in [1.29, 1.82) is 0 Å². The average Bonchev–Trinajstić information content (AvgIpc) is 2.34. The highest BCUT2D eigenvalue weighted by Gasteiger charge is 2.11. The Balaban J connectivity index is 2.48. The quantitative estimate of drug-likeness (QED) is 0.324. The number of nitro benzene ring substituents is 1. The molecule has 0 unspecified atom stereocenters. The van der Waals surface area contributed by atoms with E-state index in [1.807, 2.05) is 7.05 Å². The van der Waals surface area contributed by atoms with E-state index in [0.717, 1.165) is 31.4 Å². The molecule has 0 fully saturated rings. The highest BCUT2D eigenvalue weighted by Crippen LogP contribution is 2.22. The van der Waals surface area contributed by atoms with Crippen molar-refractivity contribution in [3.63, 3.8) is 0 Å². The van der Waals surface area contributed by atoms with Crippen molar-refractivity contribution in [3.8, 4) is 0 Å².